The molecule has 0 aromatic heterocycles. The lowest BCUT2D eigenvalue weighted by atomic mass is 9.97. The van der Waals surface area contributed by atoms with Crippen LogP contribution in [-0.4, -0.2) is 18.2 Å². The molecule has 3 rings (SSSR count). The lowest BCUT2D eigenvalue weighted by molar-refractivity contribution is 0.124. The number of hydrogen-bond donors (Lipinski definition) is 1. The molecule has 0 bridgehead atoms. The highest BCUT2D eigenvalue weighted by Gasteiger charge is 2.40. The van der Waals surface area contributed by atoms with Crippen LogP contribution in [0.3, 0.4) is 0 Å². The van der Waals surface area contributed by atoms with Crippen molar-refractivity contribution in [1.82, 2.24) is 5.32 Å². The van der Waals surface area contributed by atoms with Crippen molar-refractivity contribution in [2.45, 2.75) is 71.1 Å². The number of ether oxygens (including phenoxy) is 2. The summed E-state index contributed by atoms with van der Waals surface area (Å²) in [6, 6.07) is 4.76. The van der Waals surface area contributed by atoms with Crippen molar-refractivity contribution in [3.8, 4) is 11.5 Å². The van der Waals surface area contributed by atoms with Crippen molar-refractivity contribution in [1.29, 1.82) is 0 Å². The van der Waals surface area contributed by atoms with Crippen molar-refractivity contribution < 1.29 is 9.47 Å². The van der Waals surface area contributed by atoms with Crippen molar-refractivity contribution in [3.05, 3.63) is 23.3 Å². The van der Waals surface area contributed by atoms with Crippen LogP contribution in [0, 0.1) is 0 Å². The minimum atomic E-state index is -0.115. The molecule has 0 saturated heterocycles. The van der Waals surface area contributed by atoms with Crippen LogP contribution in [0.2, 0.25) is 0 Å². The minimum Gasteiger partial charge on any atom is -0.484 e. The first-order valence-corrected chi connectivity index (χ1v) is 8.30. The standard InChI is InChI=1S/C18H27NO2/c1-5-7-14-15(19-10-6-2)13-9-8-12-11-18(3,4)21-16(12)17(13)20-14/h8-9,14-15,19H,5-7,10-11H2,1-4H3. The van der Waals surface area contributed by atoms with Crippen molar-refractivity contribution >= 4 is 0 Å². The number of rotatable bonds is 5. The Kier molecular flexibility index (Phi) is 3.87. The van der Waals surface area contributed by atoms with Gasteiger partial charge in [0, 0.05) is 17.5 Å². The molecule has 21 heavy (non-hydrogen) atoms. The third-order valence-electron chi connectivity index (χ3n) is 4.38. The van der Waals surface area contributed by atoms with Crippen LogP contribution >= 0.6 is 0 Å². The van der Waals surface area contributed by atoms with E-state index in [9.17, 15) is 0 Å². The SMILES string of the molecule is CCCNC1c2ccc3c(c2OC1CCC)OC(C)(C)C3. The third-order valence-corrected chi connectivity index (χ3v) is 4.38. The van der Waals surface area contributed by atoms with Gasteiger partial charge in [-0.2, -0.15) is 0 Å². The molecule has 1 N–H and O–H groups in total. The Morgan fingerprint density at radius 3 is 2.71 bits per heavy atom. The van der Waals surface area contributed by atoms with Crippen LogP contribution in [0.25, 0.3) is 0 Å². The van der Waals surface area contributed by atoms with Gasteiger partial charge in [0.1, 0.15) is 11.7 Å². The summed E-state index contributed by atoms with van der Waals surface area (Å²) in [5.74, 6) is 1.98. The van der Waals surface area contributed by atoms with Gasteiger partial charge in [-0.25, -0.2) is 0 Å². The van der Waals surface area contributed by atoms with E-state index in [2.05, 4.69) is 45.1 Å². The Morgan fingerprint density at radius 2 is 2.00 bits per heavy atom. The summed E-state index contributed by atoms with van der Waals surface area (Å²) in [6.07, 6.45) is 4.55. The van der Waals surface area contributed by atoms with Gasteiger partial charge in [-0.1, -0.05) is 32.4 Å². The zero-order valence-corrected chi connectivity index (χ0v) is 13.7. The van der Waals surface area contributed by atoms with Crippen LogP contribution in [0.4, 0.5) is 0 Å². The van der Waals surface area contributed by atoms with E-state index in [0.717, 1.165) is 43.7 Å². The zero-order valence-electron chi connectivity index (χ0n) is 13.7. The molecule has 0 fully saturated rings. The van der Waals surface area contributed by atoms with E-state index in [0.29, 0.717) is 6.04 Å². The van der Waals surface area contributed by atoms with Gasteiger partial charge in [0.25, 0.3) is 0 Å². The van der Waals surface area contributed by atoms with Gasteiger partial charge >= 0.3 is 0 Å². The smallest absolute Gasteiger partial charge is 0.166 e. The van der Waals surface area contributed by atoms with Gasteiger partial charge in [-0.3, -0.25) is 0 Å². The summed E-state index contributed by atoms with van der Waals surface area (Å²) in [6.45, 7) is 9.73. The van der Waals surface area contributed by atoms with Crippen molar-refractivity contribution in [3.63, 3.8) is 0 Å². The van der Waals surface area contributed by atoms with Gasteiger partial charge in [-0.05, 0) is 33.2 Å². The van der Waals surface area contributed by atoms with E-state index in [4.69, 9.17) is 9.47 Å². The maximum atomic E-state index is 6.31. The lowest BCUT2D eigenvalue weighted by Gasteiger charge is -2.20. The Labute approximate surface area is 128 Å². The highest BCUT2D eigenvalue weighted by Crippen LogP contribution is 2.50. The predicted octanol–water partition coefficient (Wildman–Crippen LogP) is 4.00. The van der Waals surface area contributed by atoms with Crippen LogP contribution in [-0.2, 0) is 6.42 Å². The van der Waals surface area contributed by atoms with E-state index >= 15 is 0 Å². The summed E-state index contributed by atoms with van der Waals surface area (Å²) in [7, 11) is 0. The maximum absolute atomic E-state index is 6.31. The van der Waals surface area contributed by atoms with E-state index < -0.39 is 0 Å². The largest absolute Gasteiger partial charge is 0.484 e. The normalized spacial score (nSPS) is 25.1. The monoisotopic (exact) mass is 289 g/mol. The molecule has 0 radical (unpaired) electrons. The summed E-state index contributed by atoms with van der Waals surface area (Å²) in [5.41, 5.74) is 2.44. The van der Waals surface area contributed by atoms with Gasteiger partial charge < -0.3 is 14.8 Å². The van der Waals surface area contributed by atoms with Crippen LogP contribution < -0.4 is 14.8 Å². The summed E-state index contributed by atoms with van der Waals surface area (Å²) in [5, 5.41) is 3.65. The van der Waals surface area contributed by atoms with Gasteiger partial charge in [0.05, 0.1) is 6.04 Å². The molecule has 1 aromatic carbocycles. The van der Waals surface area contributed by atoms with E-state index in [1.54, 1.807) is 0 Å². The topological polar surface area (TPSA) is 30.5 Å². The Hall–Kier alpha value is -1.22. The fourth-order valence-corrected chi connectivity index (χ4v) is 3.48. The minimum absolute atomic E-state index is 0.115. The fourth-order valence-electron chi connectivity index (χ4n) is 3.48. The third kappa shape index (κ3) is 2.64. The summed E-state index contributed by atoms with van der Waals surface area (Å²) < 4.78 is 12.5. The number of benzene rings is 1. The predicted molar refractivity (Wildman–Crippen MR) is 85.2 cm³/mol. The second-order valence-electron chi connectivity index (χ2n) is 6.89. The van der Waals surface area contributed by atoms with E-state index in [1.807, 2.05) is 0 Å². The van der Waals surface area contributed by atoms with Crippen LogP contribution in [0.1, 0.15) is 64.1 Å². The maximum Gasteiger partial charge on any atom is 0.166 e. The molecule has 0 saturated carbocycles. The molecule has 0 amide bonds. The Bertz CT molecular complexity index is 524. The average molecular weight is 289 g/mol. The second kappa shape index (κ2) is 5.53. The molecule has 2 unspecified atom stereocenters. The highest BCUT2D eigenvalue weighted by atomic mass is 16.5. The molecule has 3 heteroatoms. The number of fused-ring (bicyclic) bond motifs is 3. The van der Waals surface area contributed by atoms with Gasteiger partial charge in [-0.15, -0.1) is 0 Å². The quantitative estimate of drug-likeness (QED) is 0.888. The second-order valence-corrected chi connectivity index (χ2v) is 6.89. The van der Waals surface area contributed by atoms with E-state index in [-0.39, 0.29) is 11.7 Å². The molecule has 2 atom stereocenters. The first-order valence-electron chi connectivity index (χ1n) is 8.30. The molecule has 3 nitrogen and oxygen atoms in total. The lowest BCUT2D eigenvalue weighted by Crippen LogP contribution is -2.31. The van der Waals surface area contributed by atoms with Crippen LogP contribution in [0.15, 0.2) is 12.1 Å². The van der Waals surface area contributed by atoms with Crippen LogP contribution in [0.5, 0.6) is 11.5 Å². The number of nitrogens with one attached hydrogen (secondary N) is 1. The molecule has 2 heterocycles. The Balaban J connectivity index is 1.93. The first kappa shape index (κ1) is 14.7. The highest BCUT2D eigenvalue weighted by molar-refractivity contribution is 5.58. The molecule has 1 aromatic rings. The molecule has 2 aliphatic heterocycles. The molecular formula is C18H27NO2. The van der Waals surface area contributed by atoms with Gasteiger partial charge in [0.15, 0.2) is 11.5 Å². The molecule has 0 spiro atoms. The summed E-state index contributed by atoms with van der Waals surface area (Å²) in [4.78, 5) is 0. The molecular weight excluding hydrogens is 262 g/mol. The summed E-state index contributed by atoms with van der Waals surface area (Å²) >= 11 is 0. The van der Waals surface area contributed by atoms with Crippen molar-refractivity contribution in [2.24, 2.45) is 0 Å². The zero-order chi connectivity index (χ0) is 15.0. The number of hydrogen-bond acceptors (Lipinski definition) is 3. The Morgan fingerprint density at radius 1 is 1.19 bits per heavy atom. The average Bonchev–Trinajstić information content (AvgIpc) is 2.92. The first-order chi connectivity index (χ1) is 10.1. The van der Waals surface area contributed by atoms with Gasteiger partial charge in [0.2, 0.25) is 0 Å². The van der Waals surface area contributed by atoms with E-state index in [1.165, 1.54) is 11.1 Å². The molecule has 0 aliphatic carbocycles. The molecule has 2 aliphatic rings. The molecule has 116 valence electrons. The van der Waals surface area contributed by atoms with Crippen molar-refractivity contribution in [2.75, 3.05) is 6.54 Å². The fraction of sp³-hybridized carbons (Fsp3) is 0.667.